The first-order chi connectivity index (χ1) is 11.2. The number of phenolic OH excluding ortho intramolecular Hbond substituents is 1. The number of benzene rings is 2. The maximum absolute atomic E-state index is 9.61. The van der Waals surface area contributed by atoms with Crippen LogP contribution in [-0.2, 0) is 11.8 Å². The van der Waals surface area contributed by atoms with E-state index in [0.29, 0.717) is 18.3 Å². The van der Waals surface area contributed by atoms with E-state index in [0.717, 1.165) is 25.7 Å². The van der Waals surface area contributed by atoms with Crippen molar-refractivity contribution in [1.29, 1.82) is 0 Å². The number of aromatic hydroxyl groups is 1. The molecule has 0 unspecified atom stereocenters. The Labute approximate surface area is 138 Å². The largest absolute Gasteiger partial charge is 0.508 e. The molecule has 1 saturated carbocycles. The summed E-state index contributed by atoms with van der Waals surface area (Å²) in [7, 11) is 0. The molecule has 2 N–H and O–H groups in total. The quantitative estimate of drug-likeness (QED) is 0.857. The molecule has 0 atom stereocenters. The second-order valence-corrected chi connectivity index (χ2v) is 6.95. The summed E-state index contributed by atoms with van der Waals surface area (Å²) in [6, 6.07) is 18.5. The van der Waals surface area contributed by atoms with E-state index in [4.69, 9.17) is 0 Å². The summed E-state index contributed by atoms with van der Waals surface area (Å²) in [5.41, 5.74) is 2.86. The van der Waals surface area contributed by atoms with Gasteiger partial charge in [-0.1, -0.05) is 42.5 Å². The predicted octanol–water partition coefficient (Wildman–Crippen LogP) is 4.45. The zero-order valence-corrected chi connectivity index (χ0v) is 13.6. The van der Waals surface area contributed by atoms with Gasteiger partial charge >= 0.3 is 0 Å². The fourth-order valence-electron chi connectivity index (χ4n) is 4.07. The molecule has 0 amide bonds. The van der Waals surface area contributed by atoms with Gasteiger partial charge in [0.15, 0.2) is 0 Å². The van der Waals surface area contributed by atoms with Gasteiger partial charge in [-0.05, 0) is 73.1 Å². The van der Waals surface area contributed by atoms with Crippen LogP contribution in [0, 0.1) is 5.92 Å². The van der Waals surface area contributed by atoms with Gasteiger partial charge in [0.25, 0.3) is 0 Å². The fourth-order valence-corrected chi connectivity index (χ4v) is 4.07. The molecule has 2 aromatic rings. The molecule has 1 fully saturated rings. The number of aliphatic hydroxyl groups is 1. The van der Waals surface area contributed by atoms with Crippen molar-refractivity contribution in [3.8, 4) is 5.75 Å². The highest BCUT2D eigenvalue weighted by Crippen LogP contribution is 2.45. The first kappa shape index (κ1) is 16.1. The van der Waals surface area contributed by atoms with Crippen LogP contribution in [0.25, 0.3) is 0 Å². The summed E-state index contributed by atoms with van der Waals surface area (Å²) in [6.07, 6.45) is 6.62. The first-order valence-electron chi connectivity index (χ1n) is 8.66. The maximum Gasteiger partial charge on any atom is 0.115 e. The summed E-state index contributed by atoms with van der Waals surface area (Å²) >= 11 is 0. The molecule has 0 bridgehead atoms. The van der Waals surface area contributed by atoms with Gasteiger partial charge in [0.05, 0.1) is 0 Å². The minimum Gasteiger partial charge on any atom is -0.508 e. The van der Waals surface area contributed by atoms with E-state index in [1.54, 1.807) is 0 Å². The zero-order chi connectivity index (χ0) is 16.1. The molecule has 0 heterocycles. The van der Waals surface area contributed by atoms with Crippen LogP contribution in [0.4, 0.5) is 0 Å². The molecule has 23 heavy (non-hydrogen) atoms. The minimum atomic E-state index is 0.154. The summed E-state index contributed by atoms with van der Waals surface area (Å²) in [5, 5.41) is 18.8. The molecule has 2 aromatic carbocycles. The number of aliphatic hydroxyl groups excluding tert-OH is 1. The monoisotopic (exact) mass is 310 g/mol. The Hall–Kier alpha value is -1.80. The van der Waals surface area contributed by atoms with Crippen molar-refractivity contribution in [2.75, 3.05) is 6.61 Å². The van der Waals surface area contributed by atoms with Crippen molar-refractivity contribution >= 4 is 0 Å². The Balaban J connectivity index is 1.86. The van der Waals surface area contributed by atoms with Gasteiger partial charge in [0.1, 0.15) is 5.75 Å². The molecule has 1 aliphatic carbocycles. The molecule has 2 heteroatoms. The van der Waals surface area contributed by atoms with Gasteiger partial charge in [-0.25, -0.2) is 0 Å². The van der Waals surface area contributed by atoms with Crippen LogP contribution in [0.1, 0.15) is 43.2 Å². The molecule has 0 radical (unpaired) electrons. The maximum atomic E-state index is 9.61. The molecule has 0 aliphatic heterocycles. The molecule has 122 valence electrons. The van der Waals surface area contributed by atoms with Gasteiger partial charge < -0.3 is 10.2 Å². The molecule has 0 spiro atoms. The zero-order valence-electron chi connectivity index (χ0n) is 13.6. The van der Waals surface area contributed by atoms with E-state index < -0.39 is 0 Å². The molecule has 0 aromatic heterocycles. The second kappa shape index (κ2) is 7.18. The van der Waals surface area contributed by atoms with Crippen molar-refractivity contribution < 1.29 is 10.2 Å². The number of hydrogen-bond donors (Lipinski definition) is 2. The second-order valence-electron chi connectivity index (χ2n) is 6.95. The standard InChI is InChI=1S/C21H26O2/c22-15-12-17-10-13-21(14-11-17,16-18-4-2-1-3-5-18)19-6-8-20(23)9-7-19/h1-9,17,22-23H,10-16H2. The molecule has 2 nitrogen and oxygen atoms in total. The van der Waals surface area contributed by atoms with Crippen LogP contribution in [0.5, 0.6) is 5.75 Å². The smallest absolute Gasteiger partial charge is 0.115 e. The highest BCUT2D eigenvalue weighted by atomic mass is 16.3. The van der Waals surface area contributed by atoms with Crippen molar-refractivity contribution in [2.45, 2.75) is 43.9 Å². The first-order valence-corrected chi connectivity index (χ1v) is 8.66. The highest BCUT2D eigenvalue weighted by molar-refractivity contribution is 5.34. The lowest BCUT2D eigenvalue weighted by Crippen LogP contribution is -2.34. The topological polar surface area (TPSA) is 40.5 Å². The average molecular weight is 310 g/mol. The minimum absolute atomic E-state index is 0.154. The summed E-state index contributed by atoms with van der Waals surface area (Å²) < 4.78 is 0. The van der Waals surface area contributed by atoms with Crippen LogP contribution in [0.15, 0.2) is 54.6 Å². The van der Waals surface area contributed by atoms with Crippen LogP contribution >= 0.6 is 0 Å². The van der Waals surface area contributed by atoms with E-state index in [1.807, 2.05) is 12.1 Å². The summed E-state index contributed by atoms with van der Waals surface area (Å²) in [5.74, 6) is 0.985. The number of hydrogen-bond acceptors (Lipinski definition) is 2. The lowest BCUT2D eigenvalue weighted by molar-refractivity contribution is 0.184. The third kappa shape index (κ3) is 3.76. The normalized spacial score (nSPS) is 24.5. The molecular formula is C21H26O2. The molecule has 3 rings (SSSR count). The van der Waals surface area contributed by atoms with Gasteiger partial charge in [0.2, 0.25) is 0 Å². The van der Waals surface area contributed by atoms with Crippen LogP contribution in [0.2, 0.25) is 0 Å². The molecule has 1 aliphatic rings. The fraction of sp³-hybridized carbons (Fsp3) is 0.429. The highest BCUT2D eigenvalue weighted by Gasteiger charge is 2.36. The molecular weight excluding hydrogens is 284 g/mol. The van der Waals surface area contributed by atoms with Crippen molar-refractivity contribution in [2.24, 2.45) is 5.92 Å². The Morgan fingerprint density at radius 3 is 2.17 bits per heavy atom. The third-order valence-electron chi connectivity index (χ3n) is 5.46. The van der Waals surface area contributed by atoms with Crippen molar-refractivity contribution in [3.63, 3.8) is 0 Å². The molecule has 0 saturated heterocycles. The lowest BCUT2D eigenvalue weighted by atomic mass is 9.63. The van der Waals surface area contributed by atoms with Crippen molar-refractivity contribution in [1.82, 2.24) is 0 Å². The van der Waals surface area contributed by atoms with E-state index in [9.17, 15) is 10.2 Å². The van der Waals surface area contributed by atoms with Gasteiger partial charge in [0, 0.05) is 6.61 Å². The Morgan fingerprint density at radius 1 is 0.913 bits per heavy atom. The Bertz CT molecular complexity index is 595. The van der Waals surface area contributed by atoms with Gasteiger partial charge in [-0.3, -0.25) is 0 Å². The van der Waals surface area contributed by atoms with E-state index in [-0.39, 0.29) is 5.41 Å². The third-order valence-corrected chi connectivity index (χ3v) is 5.46. The lowest BCUT2D eigenvalue weighted by Gasteiger charge is -2.41. The Kier molecular flexibility index (Phi) is 5.02. The van der Waals surface area contributed by atoms with E-state index in [1.165, 1.54) is 24.0 Å². The van der Waals surface area contributed by atoms with Crippen molar-refractivity contribution in [3.05, 3.63) is 65.7 Å². The number of rotatable bonds is 5. The summed E-state index contributed by atoms with van der Waals surface area (Å²) in [6.45, 7) is 0.301. The van der Waals surface area contributed by atoms with E-state index in [2.05, 4.69) is 42.5 Å². The average Bonchev–Trinajstić information content (AvgIpc) is 2.58. The van der Waals surface area contributed by atoms with Gasteiger partial charge in [-0.2, -0.15) is 0 Å². The number of phenols is 1. The van der Waals surface area contributed by atoms with Crippen LogP contribution < -0.4 is 0 Å². The Morgan fingerprint density at radius 2 is 1.57 bits per heavy atom. The SMILES string of the molecule is OCCC1CCC(Cc2ccccc2)(c2ccc(O)cc2)CC1. The van der Waals surface area contributed by atoms with Crippen LogP contribution in [0.3, 0.4) is 0 Å². The van der Waals surface area contributed by atoms with Crippen LogP contribution in [-0.4, -0.2) is 16.8 Å². The predicted molar refractivity (Wildman–Crippen MR) is 93.6 cm³/mol. The summed E-state index contributed by atoms with van der Waals surface area (Å²) in [4.78, 5) is 0. The van der Waals surface area contributed by atoms with Gasteiger partial charge in [-0.15, -0.1) is 0 Å². The van der Waals surface area contributed by atoms with E-state index >= 15 is 0 Å².